The molecule has 4 aromatic rings. The highest BCUT2D eigenvalue weighted by atomic mass is 32.2. The molecule has 35 heavy (non-hydrogen) atoms. The first-order valence-corrected chi connectivity index (χ1v) is 12.7. The standard InChI is InChI=1S/C26H27N3O5S/c1-26(2,3)22-14-20(29-10-9-23(30)28-25(29)31)13-21(24(22)34-4)19-8-7-17-11-16(15-35(27,32)33)5-6-18(17)12-19/h5-14H,15H2,1-4H3,(H2,27,32,33)(H,28,30,31). The van der Waals surface area contributed by atoms with Crippen LogP contribution in [0, 0.1) is 0 Å². The van der Waals surface area contributed by atoms with E-state index >= 15 is 0 Å². The first-order valence-electron chi connectivity index (χ1n) is 10.9. The molecule has 0 amide bonds. The number of aromatic nitrogens is 2. The average molecular weight is 494 g/mol. The van der Waals surface area contributed by atoms with E-state index in [1.807, 2.05) is 36.4 Å². The molecule has 8 nitrogen and oxygen atoms in total. The van der Waals surface area contributed by atoms with Gasteiger partial charge in [-0.3, -0.25) is 14.3 Å². The van der Waals surface area contributed by atoms with Crippen molar-refractivity contribution in [1.82, 2.24) is 9.55 Å². The number of benzene rings is 3. The number of methoxy groups -OCH3 is 1. The summed E-state index contributed by atoms with van der Waals surface area (Å²) in [5, 5.41) is 6.97. The molecular formula is C26H27N3O5S. The molecule has 4 rings (SSSR count). The number of fused-ring (bicyclic) bond motifs is 1. The maximum absolute atomic E-state index is 12.5. The summed E-state index contributed by atoms with van der Waals surface area (Å²) >= 11 is 0. The summed E-state index contributed by atoms with van der Waals surface area (Å²) in [6, 6.07) is 16.3. The molecule has 0 bridgehead atoms. The Balaban J connectivity index is 1.94. The van der Waals surface area contributed by atoms with Gasteiger partial charge in [-0.2, -0.15) is 0 Å². The molecule has 0 aliphatic carbocycles. The molecule has 0 saturated carbocycles. The lowest BCUT2D eigenvalue weighted by Crippen LogP contribution is -2.27. The van der Waals surface area contributed by atoms with Crippen LogP contribution in [0.2, 0.25) is 0 Å². The summed E-state index contributed by atoms with van der Waals surface area (Å²) < 4.78 is 30.2. The number of hydrogen-bond donors (Lipinski definition) is 2. The highest BCUT2D eigenvalue weighted by molar-refractivity contribution is 7.88. The second-order valence-corrected chi connectivity index (χ2v) is 11.1. The van der Waals surface area contributed by atoms with Gasteiger partial charge in [-0.15, -0.1) is 0 Å². The summed E-state index contributed by atoms with van der Waals surface area (Å²) in [7, 11) is -2.02. The summed E-state index contributed by atoms with van der Waals surface area (Å²) in [6.45, 7) is 6.17. The Morgan fingerprint density at radius 1 is 0.971 bits per heavy atom. The minimum atomic E-state index is -3.63. The molecule has 0 radical (unpaired) electrons. The number of aromatic amines is 1. The van der Waals surface area contributed by atoms with Gasteiger partial charge in [-0.1, -0.05) is 51.1 Å². The van der Waals surface area contributed by atoms with E-state index in [0.717, 1.165) is 27.5 Å². The van der Waals surface area contributed by atoms with E-state index in [9.17, 15) is 18.0 Å². The van der Waals surface area contributed by atoms with Gasteiger partial charge in [0.15, 0.2) is 0 Å². The summed E-state index contributed by atoms with van der Waals surface area (Å²) in [6.07, 6.45) is 1.45. The molecule has 0 unspecified atom stereocenters. The Kier molecular flexibility index (Phi) is 6.16. The number of primary sulfonamides is 1. The van der Waals surface area contributed by atoms with Gasteiger partial charge in [0.1, 0.15) is 5.75 Å². The predicted molar refractivity (Wildman–Crippen MR) is 138 cm³/mol. The van der Waals surface area contributed by atoms with E-state index in [1.165, 1.54) is 16.8 Å². The average Bonchev–Trinajstić information content (AvgIpc) is 2.76. The molecule has 182 valence electrons. The second kappa shape index (κ2) is 8.83. The maximum atomic E-state index is 12.5. The number of nitrogens with two attached hydrogens (primary N) is 1. The number of H-pyrrole nitrogens is 1. The number of nitrogens with one attached hydrogen (secondary N) is 1. The van der Waals surface area contributed by atoms with Gasteiger partial charge in [0, 0.05) is 23.4 Å². The Morgan fingerprint density at radius 3 is 2.29 bits per heavy atom. The fourth-order valence-electron chi connectivity index (χ4n) is 4.15. The van der Waals surface area contributed by atoms with E-state index in [4.69, 9.17) is 9.88 Å². The van der Waals surface area contributed by atoms with Gasteiger partial charge >= 0.3 is 5.69 Å². The molecule has 1 heterocycles. The molecule has 0 atom stereocenters. The molecule has 3 aromatic carbocycles. The van der Waals surface area contributed by atoms with Crippen LogP contribution in [0.5, 0.6) is 5.75 Å². The lowest BCUT2D eigenvalue weighted by Gasteiger charge is -2.25. The lowest BCUT2D eigenvalue weighted by atomic mass is 9.83. The highest BCUT2D eigenvalue weighted by Crippen LogP contribution is 2.41. The van der Waals surface area contributed by atoms with Crippen molar-refractivity contribution in [2.24, 2.45) is 5.14 Å². The molecule has 1 aromatic heterocycles. The number of hydrogen-bond acceptors (Lipinski definition) is 5. The monoisotopic (exact) mass is 493 g/mol. The van der Waals surface area contributed by atoms with Crippen LogP contribution in [-0.4, -0.2) is 25.1 Å². The molecule has 0 aliphatic rings. The van der Waals surface area contributed by atoms with Crippen LogP contribution in [0.15, 0.2) is 70.4 Å². The molecular weight excluding hydrogens is 466 g/mol. The van der Waals surface area contributed by atoms with Crippen LogP contribution < -0.4 is 21.1 Å². The van der Waals surface area contributed by atoms with E-state index in [2.05, 4.69) is 25.8 Å². The molecule has 0 aliphatic heterocycles. The third kappa shape index (κ3) is 5.21. The molecule has 9 heteroatoms. The highest BCUT2D eigenvalue weighted by Gasteiger charge is 2.24. The smallest absolute Gasteiger partial charge is 0.332 e. The van der Waals surface area contributed by atoms with E-state index in [-0.39, 0.29) is 11.2 Å². The topological polar surface area (TPSA) is 124 Å². The van der Waals surface area contributed by atoms with Crippen LogP contribution in [0.1, 0.15) is 31.9 Å². The Hall–Kier alpha value is -3.69. The van der Waals surface area contributed by atoms with Gasteiger partial charge in [0.25, 0.3) is 5.56 Å². The van der Waals surface area contributed by atoms with Crippen LogP contribution in [-0.2, 0) is 21.2 Å². The number of ether oxygens (including phenoxy) is 1. The zero-order chi connectivity index (χ0) is 25.5. The van der Waals surface area contributed by atoms with Gasteiger partial charge in [-0.25, -0.2) is 18.4 Å². The Labute approximate surface area is 203 Å². The lowest BCUT2D eigenvalue weighted by molar-refractivity contribution is 0.399. The molecule has 3 N–H and O–H groups in total. The first kappa shape index (κ1) is 24.4. The van der Waals surface area contributed by atoms with Gasteiger partial charge in [0.2, 0.25) is 10.0 Å². The third-order valence-corrected chi connectivity index (χ3v) is 6.51. The number of rotatable bonds is 5. The summed E-state index contributed by atoms with van der Waals surface area (Å²) in [5.74, 6) is 0.451. The normalized spacial score (nSPS) is 12.1. The maximum Gasteiger partial charge on any atom is 0.332 e. The van der Waals surface area contributed by atoms with E-state index in [0.29, 0.717) is 17.0 Å². The zero-order valence-electron chi connectivity index (χ0n) is 20.0. The van der Waals surface area contributed by atoms with Crippen LogP contribution >= 0.6 is 0 Å². The van der Waals surface area contributed by atoms with Crippen molar-refractivity contribution in [2.75, 3.05) is 7.11 Å². The zero-order valence-corrected chi connectivity index (χ0v) is 20.8. The Morgan fingerprint density at radius 2 is 1.66 bits per heavy atom. The van der Waals surface area contributed by atoms with Crippen molar-refractivity contribution >= 4 is 20.8 Å². The molecule has 0 fully saturated rings. The number of nitrogens with zero attached hydrogens (tertiary/aromatic N) is 1. The van der Waals surface area contributed by atoms with Crippen LogP contribution in [0.4, 0.5) is 0 Å². The van der Waals surface area contributed by atoms with Gasteiger partial charge in [0.05, 0.1) is 18.6 Å². The second-order valence-electron chi connectivity index (χ2n) is 9.51. The summed E-state index contributed by atoms with van der Waals surface area (Å²) in [4.78, 5) is 26.4. The minimum absolute atomic E-state index is 0.233. The van der Waals surface area contributed by atoms with Crippen molar-refractivity contribution in [3.63, 3.8) is 0 Å². The van der Waals surface area contributed by atoms with E-state index < -0.39 is 21.3 Å². The molecule has 0 spiro atoms. The van der Waals surface area contributed by atoms with Gasteiger partial charge < -0.3 is 4.74 Å². The van der Waals surface area contributed by atoms with Crippen molar-refractivity contribution < 1.29 is 13.2 Å². The molecule has 0 saturated heterocycles. The fraction of sp³-hybridized carbons (Fsp3) is 0.231. The minimum Gasteiger partial charge on any atom is -0.496 e. The van der Waals surface area contributed by atoms with Crippen molar-refractivity contribution in [3.8, 4) is 22.6 Å². The van der Waals surface area contributed by atoms with Crippen molar-refractivity contribution in [2.45, 2.75) is 31.9 Å². The fourth-order valence-corrected chi connectivity index (χ4v) is 4.79. The number of sulfonamides is 1. The van der Waals surface area contributed by atoms with Crippen molar-refractivity contribution in [1.29, 1.82) is 0 Å². The summed E-state index contributed by atoms with van der Waals surface area (Å²) in [5.41, 5.74) is 2.44. The quantitative estimate of drug-likeness (QED) is 0.441. The SMILES string of the molecule is COc1c(-c2ccc3cc(CS(N)(=O)=O)ccc3c2)cc(-n2ccc(=O)[nH]c2=O)cc1C(C)(C)C. The van der Waals surface area contributed by atoms with E-state index in [1.54, 1.807) is 19.2 Å². The third-order valence-electron chi connectivity index (χ3n) is 5.77. The Bertz CT molecular complexity index is 1660. The predicted octanol–water partition coefficient (Wildman–Crippen LogP) is 3.44. The van der Waals surface area contributed by atoms with Crippen LogP contribution in [0.25, 0.3) is 27.6 Å². The van der Waals surface area contributed by atoms with Gasteiger partial charge in [-0.05, 0) is 45.5 Å². The first-order chi connectivity index (χ1) is 16.4. The van der Waals surface area contributed by atoms with Crippen LogP contribution in [0.3, 0.4) is 0 Å². The van der Waals surface area contributed by atoms with Crippen molar-refractivity contribution in [3.05, 3.63) is 92.8 Å². The largest absolute Gasteiger partial charge is 0.496 e.